The van der Waals surface area contributed by atoms with Crippen LogP contribution in [0.4, 0.5) is 0 Å². The number of unbranched alkanes of at least 4 members (excludes halogenated alkanes) is 15. The van der Waals surface area contributed by atoms with Crippen LogP contribution in [0.25, 0.3) is 0 Å². The molecule has 0 fully saturated rings. The maximum atomic E-state index is 14.7. The van der Waals surface area contributed by atoms with Crippen LogP contribution in [0.1, 0.15) is 304 Å². The van der Waals surface area contributed by atoms with E-state index in [9.17, 15) is 92.3 Å². The third kappa shape index (κ3) is 57.4. The van der Waals surface area contributed by atoms with Gasteiger partial charge in [0.2, 0.25) is 47.3 Å². The maximum Gasteiger partial charge on any atom is 0.305 e. The predicted molar refractivity (Wildman–Crippen MR) is 529 cm³/mol. The van der Waals surface area contributed by atoms with Crippen LogP contribution < -0.4 is 83.1 Å². The summed E-state index contributed by atoms with van der Waals surface area (Å²) in [7, 11) is 0. The molecule has 39 heteroatoms. The number of aliphatic carboxylic acids is 1. The Kier molecular flexibility index (Phi) is 67.0. The summed E-state index contributed by atoms with van der Waals surface area (Å²) in [5.74, 6) is -16.2. The van der Waals surface area contributed by atoms with Crippen molar-refractivity contribution >= 4 is 112 Å². The number of phenolic OH excluding ortho intramolecular Hbond substituents is 1. The number of Topliss-reactive ketones (excluding diaryl/α,β-unsaturated/α-hetero) is 6. The molecule has 38 nitrogen and oxygen atoms in total. The third-order valence-corrected chi connectivity index (χ3v) is 24.3. The minimum absolute atomic E-state index is 0.0139. The average Bonchev–Trinajstić information content (AvgIpc) is 0.958. The van der Waals surface area contributed by atoms with Crippen LogP contribution in [0.3, 0.4) is 0 Å². The standard InChI is InChI=1S/C56H87N11O15S.C41H82N8O4/c1-31(2)19-43(48(74)25-37(51(58)78)22-39-28-61-30-63-39)65-53(80)36(10-8-17-62-56(59)60)24-46(72)44(21-34-11-13-40(71)14-12-34)66-52(79)35(9-6-7-16-57)23-47(73)45(27-50(76)77)67-55(82)41(33(4)70)26-49(75)42(15-18-83-5)64-54(81)38(29-68)20-32(3)69;1-5-6-7-8-9-10-11-12-13-14-15-16-17-26-38(51)48-36(25-19-21-28-43)40(53)49-35(24-18-20-27-42)37(50)31-34(30-32(2)3)39(52)47-33(4)23-22-29-46-41(44)45/h11-14,28,30-31,33,35-38,41-45,68,70-71H,6-10,15-27,29,57H2,1-5H3,(H2,58,78)(H,61,63)(H,64,81)(H,65,80)(H,66,79)(H,67,82)(H,76,77)(H4,59,60,62);32-36H,5-31,42-43H2,1-4H3,(H,47,52)(H,48,51)(H,49,53)(H4,44,45,46)/t33-,35-,36-,37-,38+,41+,42+,43+,44+,45+;33-,34-,35-,36+/m11/s1. The zero-order valence-electron chi connectivity index (χ0n) is 82.5. The van der Waals surface area contributed by atoms with Gasteiger partial charge in [-0.25, -0.2) is 4.98 Å². The Bertz CT molecular complexity index is 3920. The number of phenols is 1. The average molecular weight is 1940 g/mol. The maximum absolute atomic E-state index is 14.7. The molecule has 772 valence electrons. The molecule has 14 atom stereocenters. The number of thioether (sulfide) groups is 1. The van der Waals surface area contributed by atoms with Crippen LogP contribution in [-0.2, 0) is 84.8 Å². The molecular weight excluding hydrogens is 1770 g/mol. The van der Waals surface area contributed by atoms with E-state index in [1.165, 1.54) is 127 Å². The molecule has 1 heterocycles. The second kappa shape index (κ2) is 73.4. The number of benzene rings is 1. The summed E-state index contributed by atoms with van der Waals surface area (Å²) in [5, 5.41) is 60.0. The number of aliphatic hydroxyl groups excluding tert-OH is 2. The van der Waals surface area contributed by atoms with Gasteiger partial charge < -0.3 is 113 Å². The van der Waals surface area contributed by atoms with Crippen molar-refractivity contribution < 1.29 is 92.3 Å². The lowest BCUT2D eigenvalue weighted by Crippen LogP contribution is -2.52. The number of nitrogens with zero attached hydrogens (tertiary/aromatic N) is 3. The van der Waals surface area contributed by atoms with Gasteiger partial charge in [0.15, 0.2) is 40.8 Å². The van der Waals surface area contributed by atoms with Crippen molar-refractivity contribution in [2.45, 2.75) is 354 Å². The first-order valence-electron chi connectivity index (χ1n) is 49.1. The molecular formula is C97H169N19O19S. The van der Waals surface area contributed by atoms with Gasteiger partial charge in [-0.15, -0.1) is 0 Å². The number of nitrogens with two attached hydrogens (primary N) is 8. The fourth-order valence-electron chi connectivity index (χ4n) is 15.9. The number of carbonyl (C=O) groups is 15. The highest BCUT2D eigenvalue weighted by Gasteiger charge is 2.39. The van der Waals surface area contributed by atoms with Crippen LogP contribution in [0, 0.1) is 47.3 Å². The molecule has 8 amide bonds. The quantitative estimate of drug-likeness (QED) is 0.0207. The Morgan fingerprint density at radius 1 is 0.441 bits per heavy atom. The molecule has 1 aromatic carbocycles. The number of primary amides is 1. The molecule has 0 saturated carbocycles. The van der Waals surface area contributed by atoms with Crippen LogP contribution in [0.2, 0.25) is 0 Å². The second-order valence-corrected chi connectivity index (χ2v) is 38.0. The molecule has 0 aliphatic heterocycles. The predicted octanol–water partition coefficient (Wildman–Crippen LogP) is 5.93. The van der Waals surface area contributed by atoms with Gasteiger partial charge in [0.25, 0.3) is 0 Å². The van der Waals surface area contributed by atoms with Crippen molar-refractivity contribution in [3.05, 3.63) is 48.0 Å². The molecule has 136 heavy (non-hydrogen) atoms. The molecule has 28 N–H and O–H groups in total. The van der Waals surface area contributed by atoms with E-state index in [-0.39, 0.29) is 149 Å². The largest absolute Gasteiger partial charge is 0.508 e. The van der Waals surface area contributed by atoms with Gasteiger partial charge in [-0.2, -0.15) is 11.8 Å². The Morgan fingerprint density at radius 3 is 1.38 bits per heavy atom. The number of aliphatic hydroxyl groups is 2. The molecule has 2 aromatic rings. The number of carboxylic acid groups (broad SMARTS) is 1. The Morgan fingerprint density at radius 2 is 0.882 bits per heavy atom. The number of aromatic amines is 1. The summed E-state index contributed by atoms with van der Waals surface area (Å²) in [6, 6.07) is -1.43. The highest BCUT2D eigenvalue weighted by Crippen LogP contribution is 2.26. The zero-order valence-corrected chi connectivity index (χ0v) is 83.3. The third-order valence-electron chi connectivity index (χ3n) is 23.7. The highest BCUT2D eigenvalue weighted by molar-refractivity contribution is 7.98. The van der Waals surface area contributed by atoms with Crippen molar-refractivity contribution in [3.8, 4) is 5.75 Å². The first kappa shape index (κ1) is 124. The van der Waals surface area contributed by atoms with Gasteiger partial charge in [-0.05, 0) is 191 Å². The molecule has 1 aromatic heterocycles. The number of carbonyl (C=O) groups excluding carboxylic acids is 14. The summed E-state index contributed by atoms with van der Waals surface area (Å²) in [4.78, 5) is 218. The number of amides is 8. The summed E-state index contributed by atoms with van der Waals surface area (Å²) in [6.45, 7) is 15.3. The van der Waals surface area contributed by atoms with Crippen molar-refractivity contribution in [2.75, 3.05) is 51.3 Å². The highest BCUT2D eigenvalue weighted by atomic mass is 32.2. The monoisotopic (exact) mass is 1940 g/mol. The van der Waals surface area contributed by atoms with Crippen molar-refractivity contribution in [1.29, 1.82) is 0 Å². The van der Waals surface area contributed by atoms with Crippen LogP contribution in [0.5, 0.6) is 5.75 Å². The lowest BCUT2D eigenvalue weighted by Gasteiger charge is -2.27. The molecule has 0 spiro atoms. The van der Waals surface area contributed by atoms with E-state index in [0.717, 1.165) is 25.7 Å². The van der Waals surface area contributed by atoms with E-state index >= 15 is 0 Å². The SMILES string of the molecule is CCCCCCCCCCCCCCCC(=O)N[C@@H](CCCCN)C(=O)N[C@H](CCCCN)C(=O)C[C@@H](CC(C)C)C(=O)N[C@H](C)CCCN=C(N)N.CSCC[C@H](NC(=O)[C@H](CO)CC(C)=O)C(=O)C[C@H](C(=O)N[C@@H](CC(=O)O)C(=O)C[C@@H](CCCCN)C(=O)N[C@@H](Cc1ccc(O)cc1)C(=O)C[C@@H](CCCN=C(N)N)C(=O)N[C@@H](CC(C)C)C(=O)C[C@@H](Cc1cnc[nH]1)C(N)=O)[C@@H](C)O. The number of hydrogen-bond donors (Lipinski definition) is 20. The Hall–Kier alpha value is -9.83. The smallest absolute Gasteiger partial charge is 0.305 e. The number of H-pyrrole nitrogens is 1. The number of rotatable bonds is 80. The number of imidazole rings is 1. The Balaban J connectivity index is 0.00000150. The summed E-state index contributed by atoms with van der Waals surface area (Å²) < 4.78 is 0. The number of guanidine groups is 2. The molecule has 2 rings (SSSR count). The Labute approximate surface area is 809 Å². The summed E-state index contributed by atoms with van der Waals surface area (Å²) in [6.07, 6.45) is 22.6. The van der Waals surface area contributed by atoms with E-state index < -0.39 is 169 Å². The summed E-state index contributed by atoms with van der Waals surface area (Å²) in [5.41, 5.74) is 45.9. The van der Waals surface area contributed by atoms with E-state index in [0.29, 0.717) is 101 Å². The van der Waals surface area contributed by atoms with Gasteiger partial charge in [-0.3, -0.25) is 77.1 Å². The van der Waals surface area contributed by atoms with Crippen molar-refractivity contribution in [1.82, 2.24) is 47.2 Å². The normalized spacial score (nSPS) is 14.4. The summed E-state index contributed by atoms with van der Waals surface area (Å²) >= 11 is 1.34. The number of aromatic hydroxyl groups is 1. The topological polar surface area (TPSA) is 683 Å². The van der Waals surface area contributed by atoms with E-state index in [2.05, 4.69) is 64.1 Å². The number of carboxylic acids is 1. The first-order valence-corrected chi connectivity index (χ1v) is 50.5. The van der Waals surface area contributed by atoms with E-state index in [1.54, 1.807) is 6.26 Å². The van der Waals surface area contributed by atoms with Gasteiger partial charge >= 0.3 is 5.97 Å². The van der Waals surface area contributed by atoms with Gasteiger partial charge in [0.05, 0.1) is 73.4 Å². The molecule has 0 unspecified atom stereocenters. The van der Waals surface area contributed by atoms with Crippen molar-refractivity contribution in [3.63, 3.8) is 0 Å². The minimum Gasteiger partial charge on any atom is -0.508 e. The number of aliphatic imine (C=N–C) groups is 2. The molecule has 0 radical (unpaired) electrons. The van der Waals surface area contributed by atoms with Gasteiger partial charge in [0, 0.05) is 100 Å². The minimum atomic E-state index is -1.80. The number of aromatic nitrogens is 2. The molecule has 0 saturated heterocycles. The van der Waals surface area contributed by atoms with E-state index in [4.69, 9.17) is 45.9 Å². The van der Waals surface area contributed by atoms with Crippen LogP contribution in [-0.4, -0.2) is 230 Å². The lowest BCUT2D eigenvalue weighted by molar-refractivity contribution is -0.142. The van der Waals surface area contributed by atoms with Crippen molar-refractivity contribution in [2.24, 2.45) is 103 Å². The van der Waals surface area contributed by atoms with Gasteiger partial charge in [-0.1, -0.05) is 130 Å². The molecule has 0 aliphatic carbocycles. The number of nitrogens with one attached hydrogen (secondary N) is 8. The fourth-order valence-corrected chi connectivity index (χ4v) is 16.4. The van der Waals surface area contributed by atoms with Crippen LogP contribution >= 0.6 is 11.8 Å². The molecule has 0 bridgehead atoms. The number of ketones is 6. The van der Waals surface area contributed by atoms with Gasteiger partial charge in [0.1, 0.15) is 17.6 Å². The first-order chi connectivity index (χ1) is 64.6. The van der Waals surface area contributed by atoms with Crippen LogP contribution in [0.15, 0.2) is 46.8 Å². The fraction of sp³-hybridized carbons (Fsp3) is 0.732. The molecule has 0 aliphatic rings. The van der Waals surface area contributed by atoms with E-state index in [1.807, 2.05) is 34.6 Å². The lowest BCUT2D eigenvalue weighted by atomic mass is 9.88. The number of hydrogen-bond acceptors (Lipinski definition) is 25. The second-order valence-electron chi connectivity index (χ2n) is 37.0. The zero-order chi connectivity index (χ0) is 102.